The van der Waals surface area contributed by atoms with Gasteiger partial charge in [0.25, 0.3) is 5.89 Å². The summed E-state index contributed by atoms with van der Waals surface area (Å²) in [5.41, 5.74) is 1.02. The third-order valence-corrected chi connectivity index (χ3v) is 4.86. The molecule has 0 radical (unpaired) electrons. The van der Waals surface area contributed by atoms with Gasteiger partial charge in [0, 0.05) is 32.2 Å². The van der Waals surface area contributed by atoms with Gasteiger partial charge >= 0.3 is 0 Å². The van der Waals surface area contributed by atoms with Gasteiger partial charge in [-0.15, -0.1) is 0 Å². The first-order valence-corrected chi connectivity index (χ1v) is 9.72. The summed E-state index contributed by atoms with van der Waals surface area (Å²) in [6.07, 6.45) is 1.53. The summed E-state index contributed by atoms with van der Waals surface area (Å²) in [5, 5.41) is 16.1. The van der Waals surface area contributed by atoms with Crippen molar-refractivity contribution >= 4 is 17.7 Å². The van der Waals surface area contributed by atoms with Crippen LogP contribution in [0.3, 0.4) is 0 Å². The van der Waals surface area contributed by atoms with Gasteiger partial charge in [0.1, 0.15) is 6.07 Å². The molecule has 1 aliphatic heterocycles. The van der Waals surface area contributed by atoms with Crippen molar-refractivity contribution < 1.29 is 18.2 Å². The number of hydrogen-bond acceptors (Lipinski definition) is 9. The summed E-state index contributed by atoms with van der Waals surface area (Å²) >= 11 is 0. The Bertz CT molecular complexity index is 1040. The molecule has 1 aliphatic rings. The highest BCUT2D eigenvalue weighted by molar-refractivity contribution is 5.91. The molecule has 1 saturated heterocycles. The Morgan fingerprint density at radius 2 is 2.13 bits per heavy atom. The Labute approximate surface area is 173 Å². The van der Waals surface area contributed by atoms with Crippen LogP contribution in [0, 0.1) is 11.3 Å². The predicted octanol–water partition coefficient (Wildman–Crippen LogP) is 2.68. The maximum atomic E-state index is 12.3. The fourth-order valence-electron chi connectivity index (χ4n) is 3.21. The molecule has 1 fully saturated rings. The molecular formula is C20H22N6O4. The molecule has 1 amide bonds. The molecular weight excluding hydrogens is 388 g/mol. The van der Waals surface area contributed by atoms with Gasteiger partial charge in [0.15, 0.2) is 5.76 Å². The molecule has 0 aromatic carbocycles. The molecule has 0 aliphatic carbocycles. The van der Waals surface area contributed by atoms with Crippen molar-refractivity contribution in [3.63, 3.8) is 0 Å². The number of hydrogen-bond donors (Lipinski definition) is 1. The van der Waals surface area contributed by atoms with Gasteiger partial charge in [-0.3, -0.25) is 15.0 Å². The fraction of sp³-hybridized carbons (Fsp3) is 0.400. The van der Waals surface area contributed by atoms with Crippen LogP contribution in [0.4, 0.5) is 11.8 Å². The lowest BCUT2D eigenvalue weighted by Crippen LogP contribution is -2.48. The van der Waals surface area contributed by atoms with Gasteiger partial charge < -0.3 is 18.3 Å². The molecule has 1 N–H and O–H groups in total. The molecule has 10 nitrogen and oxygen atoms in total. The largest absolute Gasteiger partial charge is 0.459 e. The van der Waals surface area contributed by atoms with Crippen molar-refractivity contribution in [2.75, 3.05) is 42.9 Å². The van der Waals surface area contributed by atoms with E-state index in [0.29, 0.717) is 43.7 Å². The molecule has 4 rings (SSSR count). The predicted molar refractivity (Wildman–Crippen MR) is 107 cm³/mol. The van der Waals surface area contributed by atoms with E-state index in [1.807, 2.05) is 23.6 Å². The smallest absolute Gasteiger partial charge is 0.266 e. The van der Waals surface area contributed by atoms with Crippen LogP contribution in [-0.2, 0) is 4.79 Å². The number of aromatic nitrogens is 2. The number of oxazole rings is 1. The quantitative estimate of drug-likeness (QED) is 0.653. The van der Waals surface area contributed by atoms with E-state index in [4.69, 9.17) is 13.4 Å². The average Bonchev–Trinajstić information content (AvgIpc) is 3.48. The molecule has 30 heavy (non-hydrogen) atoms. The van der Waals surface area contributed by atoms with Crippen LogP contribution in [0.15, 0.2) is 37.8 Å². The number of nitrogens with zero attached hydrogens (tertiary/aromatic N) is 5. The summed E-state index contributed by atoms with van der Waals surface area (Å²) in [5.74, 6) is 1.61. The molecule has 0 saturated carbocycles. The van der Waals surface area contributed by atoms with Gasteiger partial charge in [-0.1, -0.05) is 19.0 Å². The number of furan rings is 1. The number of anilines is 2. The maximum absolute atomic E-state index is 12.3. The molecule has 0 spiro atoms. The topological polar surface area (TPSA) is 125 Å². The number of piperazine rings is 1. The standard InChI is InChI=1S/C20H22N6O4/c1-13(2)14-10-18(30-24-14)23-17(27)12-25-5-7-26(8-6-25)20-15(11-21)22-19(29-20)16-4-3-9-28-16/h3-4,9-10,13H,5-8,12H2,1-2H3,(H,23,27). The van der Waals surface area contributed by atoms with E-state index < -0.39 is 0 Å². The Kier molecular flexibility index (Phi) is 5.54. The summed E-state index contributed by atoms with van der Waals surface area (Å²) in [6, 6.07) is 7.28. The fourth-order valence-corrected chi connectivity index (χ4v) is 3.21. The highest BCUT2D eigenvalue weighted by atomic mass is 16.5. The Morgan fingerprint density at radius 3 is 2.77 bits per heavy atom. The zero-order chi connectivity index (χ0) is 21.1. The second-order valence-electron chi connectivity index (χ2n) is 7.34. The summed E-state index contributed by atoms with van der Waals surface area (Å²) in [7, 11) is 0. The molecule has 10 heteroatoms. The number of nitriles is 1. The van der Waals surface area contributed by atoms with E-state index in [1.165, 1.54) is 6.26 Å². The molecule has 4 heterocycles. The van der Waals surface area contributed by atoms with E-state index in [0.717, 1.165) is 5.69 Å². The normalized spacial score (nSPS) is 14.8. The van der Waals surface area contributed by atoms with Crippen molar-refractivity contribution in [2.45, 2.75) is 19.8 Å². The average molecular weight is 410 g/mol. The van der Waals surface area contributed by atoms with Gasteiger partial charge in [0.2, 0.25) is 23.4 Å². The second kappa shape index (κ2) is 8.42. The minimum atomic E-state index is -0.160. The first kappa shape index (κ1) is 19.7. The lowest BCUT2D eigenvalue weighted by Gasteiger charge is -2.33. The number of nitrogens with one attached hydrogen (secondary N) is 1. The lowest BCUT2D eigenvalue weighted by molar-refractivity contribution is -0.117. The molecule has 0 atom stereocenters. The zero-order valence-electron chi connectivity index (χ0n) is 16.8. The Balaban J connectivity index is 1.33. The van der Waals surface area contributed by atoms with E-state index >= 15 is 0 Å². The number of rotatable bonds is 6. The van der Waals surface area contributed by atoms with E-state index in [-0.39, 0.29) is 30.0 Å². The highest BCUT2D eigenvalue weighted by Gasteiger charge is 2.26. The third-order valence-electron chi connectivity index (χ3n) is 4.86. The van der Waals surface area contributed by atoms with E-state index in [1.54, 1.807) is 18.2 Å². The number of carbonyl (C=O) groups is 1. The van der Waals surface area contributed by atoms with Gasteiger partial charge in [-0.25, -0.2) is 0 Å². The first-order valence-electron chi connectivity index (χ1n) is 9.72. The summed E-state index contributed by atoms with van der Waals surface area (Å²) < 4.78 is 16.2. The van der Waals surface area contributed by atoms with Crippen molar-refractivity contribution in [1.82, 2.24) is 15.0 Å². The van der Waals surface area contributed by atoms with Crippen molar-refractivity contribution in [3.05, 3.63) is 35.9 Å². The Morgan fingerprint density at radius 1 is 1.33 bits per heavy atom. The highest BCUT2D eigenvalue weighted by Crippen LogP contribution is 2.29. The van der Waals surface area contributed by atoms with Crippen LogP contribution in [0.5, 0.6) is 0 Å². The summed E-state index contributed by atoms with van der Waals surface area (Å²) in [6.45, 7) is 6.75. The van der Waals surface area contributed by atoms with Crippen LogP contribution < -0.4 is 10.2 Å². The zero-order valence-corrected chi connectivity index (χ0v) is 16.8. The molecule has 3 aromatic rings. The SMILES string of the molecule is CC(C)c1cc(NC(=O)CN2CCN(c3oc(-c4ccco4)nc3C#N)CC2)on1. The van der Waals surface area contributed by atoms with Gasteiger partial charge in [0.05, 0.1) is 18.5 Å². The lowest BCUT2D eigenvalue weighted by atomic mass is 10.1. The van der Waals surface area contributed by atoms with E-state index in [9.17, 15) is 10.1 Å². The summed E-state index contributed by atoms with van der Waals surface area (Å²) in [4.78, 5) is 20.5. The Hall–Kier alpha value is -3.58. The van der Waals surface area contributed by atoms with Crippen LogP contribution in [0.25, 0.3) is 11.7 Å². The minimum Gasteiger partial charge on any atom is -0.459 e. The molecule has 0 bridgehead atoms. The first-order chi connectivity index (χ1) is 14.5. The van der Waals surface area contributed by atoms with Crippen molar-refractivity contribution in [2.24, 2.45) is 0 Å². The third kappa shape index (κ3) is 4.21. The van der Waals surface area contributed by atoms with Crippen LogP contribution >= 0.6 is 0 Å². The number of amides is 1. The van der Waals surface area contributed by atoms with Crippen LogP contribution in [-0.4, -0.2) is 53.7 Å². The van der Waals surface area contributed by atoms with Gasteiger partial charge in [-0.05, 0) is 18.1 Å². The molecule has 3 aromatic heterocycles. The van der Waals surface area contributed by atoms with Crippen molar-refractivity contribution in [3.8, 4) is 17.7 Å². The van der Waals surface area contributed by atoms with Crippen LogP contribution in [0.1, 0.15) is 31.2 Å². The minimum absolute atomic E-state index is 0.160. The van der Waals surface area contributed by atoms with Crippen molar-refractivity contribution in [1.29, 1.82) is 5.26 Å². The molecule has 0 unspecified atom stereocenters. The van der Waals surface area contributed by atoms with Crippen LogP contribution in [0.2, 0.25) is 0 Å². The van der Waals surface area contributed by atoms with Gasteiger partial charge in [-0.2, -0.15) is 10.2 Å². The maximum Gasteiger partial charge on any atom is 0.266 e. The van der Waals surface area contributed by atoms with E-state index in [2.05, 4.69) is 21.5 Å². The molecule has 156 valence electrons. The second-order valence-corrected chi connectivity index (χ2v) is 7.34. The number of carbonyl (C=O) groups excluding carboxylic acids is 1. The monoisotopic (exact) mass is 410 g/mol.